The molecule has 0 aliphatic carbocycles. The Morgan fingerprint density at radius 1 is 1.43 bits per heavy atom. The van der Waals surface area contributed by atoms with Crippen LogP contribution in [-0.2, 0) is 9.53 Å². The number of benzene rings is 1. The molecule has 2 amide bonds. The van der Waals surface area contributed by atoms with Crippen LogP contribution in [0.4, 0.5) is 20.6 Å². The van der Waals surface area contributed by atoms with Crippen molar-refractivity contribution in [1.82, 2.24) is 5.32 Å². The van der Waals surface area contributed by atoms with E-state index < -0.39 is 18.0 Å². The van der Waals surface area contributed by atoms with Crippen LogP contribution in [0.25, 0.3) is 4.85 Å². The summed E-state index contributed by atoms with van der Waals surface area (Å²) in [5.74, 6) is -0.609. The van der Waals surface area contributed by atoms with Gasteiger partial charge in [0.2, 0.25) is 5.91 Å². The highest BCUT2D eigenvalue weighted by Gasteiger charge is 2.33. The van der Waals surface area contributed by atoms with Gasteiger partial charge in [-0.25, -0.2) is 14.0 Å². The predicted octanol–water partition coefficient (Wildman–Crippen LogP) is 3.64. The number of ether oxygens (including phenoxy) is 1. The second-order valence-corrected chi connectivity index (χ2v) is 7.33. The van der Waals surface area contributed by atoms with Gasteiger partial charge in [0.05, 0.1) is 31.0 Å². The summed E-state index contributed by atoms with van der Waals surface area (Å²) in [6.07, 6.45) is 2.71. The smallest absolute Gasteiger partial charge is 0.414 e. The predicted molar refractivity (Wildman–Crippen MR) is 113 cm³/mol. The second kappa shape index (κ2) is 9.44. The summed E-state index contributed by atoms with van der Waals surface area (Å²) in [6.45, 7) is 14.1. The van der Waals surface area contributed by atoms with Crippen molar-refractivity contribution < 1.29 is 18.7 Å². The fourth-order valence-electron chi connectivity index (χ4n) is 3.73. The van der Waals surface area contributed by atoms with Crippen molar-refractivity contribution in [2.24, 2.45) is 0 Å². The van der Waals surface area contributed by atoms with Crippen molar-refractivity contribution in [3.05, 3.63) is 59.4 Å². The Balaban J connectivity index is 1.67. The number of hydrogen-bond acceptors (Lipinski definition) is 4. The lowest BCUT2D eigenvalue weighted by molar-refractivity contribution is -0.119. The minimum absolute atomic E-state index is 0.201. The van der Waals surface area contributed by atoms with Crippen LogP contribution in [0.2, 0.25) is 0 Å². The summed E-state index contributed by atoms with van der Waals surface area (Å²) in [6, 6.07) is 4.71. The van der Waals surface area contributed by atoms with Gasteiger partial charge in [-0.05, 0) is 37.5 Å². The number of rotatable bonds is 6. The maximum atomic E-state index is 14.9. The normalized spacial score (nSPS) is 18.6. The highest BCUT2D eigenvalue weighted by Crippen LogP contribution is 2.31. The molecular weight excluding hydrogens is 387 g/mol. The number of allylic oxidation sites excluding steroid dienone is 1. The lowest BCUT2D eigenvalue weighted by atomic mass is 9.99. The van der Waals surface area contributed by atoms with E-state index in [2.05, 4.69) is 16.7 Å². The number of carbonyl (C=O) groups excluding carboxylic acids is 2. The van der Waals surface area contributed by atoms with E-state index in [9.17, 15) is 14.0 Å². The summed E-state index contributed by atoms with van der Waals surface area (Å²) >= 11 is 0. The number of amides is 2. The number of cyclic esters (lactones) is 1. The quantitative estimate of drug-likeness (QED) is 0.572. The molecule has 2 fully saturated rings. The number of nitrogens with one attached hydrogen (secondary N) is 1. The van der Waals surface area contributed by atoms with E-state index in [-0.39, 0.29) is 19.0 Å². The average Bonchev–Trinajstić information content (AvgIpc) is 3.11. The largest absolute Gasteiger partial charge is 0.442 e. The molecule has 2 heterocycles. The molecule has 3 rings (SSSR count). The van der Waals surface area contributed by atoms with Crippen molar-refractivity contribution in [3.63, 3.8) is 0 Å². The third-order valence-electron chi connectivity index (χ3n) is 5.28. The van der Waals surface area contributed by atoms with Gasteiger partial charge in [-0.3, -0.25) is 9.69 Å². The Hall–Kier alpha value is -3.34. The fourth-order valence-corrected chi connectivity index (χ4v) is 3.73. The molecule has 1 atom stereocenters. The van der Waals surface area contributed by atoms with Crippen molar-refractivity contribution in [2.75, 3.05) is 36.0 Å². The van der Waals surface area contributed by atoms with Crippen LogP contribution in [0, 0.1) is 12.4 Å². The zero-order valence-electron chi connectivity index (χ0n) is 17.0. The minimum Gasteiger partial charge on any atom is -0.442 e. The SMILES string of the molecule is [C-]#[N+]C(CC=C)=C1CCN(c2ccc(N3C[C@H](CNC(C)=O)OC3=O)cc2F)CC1. The first-order valence-electron chi connectivity index (χ1n) is 9.89. The Labute approximate surface area is 175 Å². The highest BCUT2D eigenvalue weighted by atomic mass is 19.1. The average molecular weight is 412 g/mol. The molecular formula is C22H25FN4O3. The number of hydrogen-bond donors (Lipinski definition) is 1. The van der Waals surface area contributed by atoms with Crippen LogP contribution in [0.1, 0.15) is 26.2 Å². The molecule has 2 aliphatic rings. The second-order valence-electron chi connectivity index (χ2n) is 7.33. The molecule has 158 valence electrons. The summed E-state index contributed by atoms with van der Waals surface area (Å²) < 4.78 is 20.1. The van der Waals surface area contributed by atoms with E-state index >= 15 is 0 Å². The zero-order chi connectivity index (χ0) is 21.7. The molecule has 7 nitrogen and oxygen atoms in total. The van der Waals surface area contributed by atoms with Crippen LogP contribution in [0.15, 0.2) is 42.1 Å². The number of anilines is 2. The first-order valence-corrected chi connectivity index (χ1v) is 9.89. The summed E-state index contributed by atoms with van der Waals surface area (Å²) in [7, 11) is 0. The topological polar surface area (TPSA) is 66.2 Å². The first kappa shape index (κ1) is 21.4. The minimum atomic E-state index is -0.556. The summed E-state index contributed by atoms with van der Waals surface area (Å²) in [5.41, 5.74) is 2.75. The molecule has 8 heteroatoms. The van der Waals surface area contributed by atoms with Gasteiger partial charge < -0.3 is 15.0 Å². The van der Waals surface area contributed by atoms with Gasteiger partial charge in [-0.1, -0.05) is 11.6 Å². The highest BCUT2D eigenvalue weighted by molar-refractivity contribution is 5.90. The van der Waals surface area contributed by atoms with Crippen LogP contribution in [0.3, 0.4) is 0 Å². The number of halogens is 1. The summed E-state index contributed by atoms with van der Waals surface area (Å²) in [5, 5.41) is 2.62. The maximum Gasteiger partial charge on any atom is 0.414 e. The Morgan fingerprint density at radius 3 is 2.77 bits per heavy atom. The molecule has 1 aromatic carbocycles. The fraction of sp³-hybridized carbons (Fsp3) is 0.409. The monoisotopic (exact) mass is 412 g/mol. The maximum absolute atomic E-state index is 14.9. The molecule has 1 N–H and O–H groups in total. The third kappa shape index (κ3) is 4.79. The molecule has 0 spiro atoms. The van der Waals surface area contributed by atoms with E-state index in [1.54, 1.807) is 18.2 Å². The van der Waals surface area contributed by atoms with Crippen LogP contribution in [0.5, 0.6) is 0 Å². The third-order valence-corrected chi connectivity index (χ3v) is 5.28. The summed E-state index contributed by atoms with van der Waals surface area (Å²) in [4.78, 5) is 30.1. The zero-order valence-corrected chi connectivity index (χ0v) is 17.0. The Kier molecular flexibility index (Phi) is 6.72. The van der Waals surface area contributed by atoms with Crippen molar-refractivity contribution >= 4 is 23.4 Å². The van der Waals surface area contributed by atoms with Gasteiger partial charge in [0.1, 0.15) is 11.9 Å². The Bertz CT molecular complexity index is 911. The molecule has 0 saturated carbocycles. The van der Waals surface area contributed by atoms with Crippen molar-refractivity contribution in [3.8, 4) is 0 Å². The molecule has 30 heavy (non-hydrogen) atoms. The lowest BCUT2D eigenvalue weighted by Crippen LogP contribution is -2.33. The molecule has 2 saturated heterocycles. The van der Waals surface area contributed by atoms with Gasteiger partial charge in [0.15, 0.2) is 5.70 Å². The Morgan fingerprint density at radius 2 is 2.17 bits per heavy atom. The van der Waals surface area contributed by atoms with Gasteiger partial charge in [-0.15, -0.1) is 6.58 Å². The van der Waals surface area contributed by atoms with Crippen molar-refractivity contribution in [2.45, 2.75) is 32.3 Å². The molecule has 1 aromatic rings. The van der Waals surface area contributed by atoms with E-state index in [0.29, 0.717) is 30.9 Å². The van der Waals surface area contributed by atoms with Crippen LogP contribution >= 0.6 is 0 Å². The van der Waals surface area contributed by atoms with Gasteiger partial charge in [-0.2, -0.15) is 0 Å². The number of carbonyl (C=O) groups is 2. The number of nitrogens with zero attached hydrogens (tertiary/aromatic N) is 3. The molecule has 0 aromatic heterocycles. The van der Waals surface area contributed by atoms with Gasteiger partial charge in [0, 0.05) is 20.0 Å². The van der Waals surface area contributed by atoms with Crippen LogP contribution < -0.4 is 15.1 Å². The standard InChI is InChI=1S/C22H25FN4O3/c1-4-5-20(24-3)16-8-10-26(11-9-16)21-7-6-17(12-19(21)23)27-14-18(30-22(27)29)13-25-15(2)28/h4,6-7,12,18H,1,5,8-11,13-14H2,2H3,(H,25,28)/t18-/m0/s1. The molecule has 0 unspecified atom stereocenters. The van der Waals surface area contributed by atoms with Gasteiger partial charge in [0.25, 0.3) is 0 Å². The van der Waals surface area contributed by atoms with E-state index in [1.807, 2.05) is 4.90 Å². The van der Waals surface area contributed by atoms with E-state index in [1.165, 1.54) is 17.9 Å². The van der Waals surface area contributed by atoms with Crippen molar-refractivity contribution in [1.29, 1.82) is 0 Å². The molecule has 0 radical (unpaired) electrons. The molecule has 2 aliphatic heterocycles. The lowest BCUT2D eigenvalue weighted by Gasteiger charge is -2.31. The number of piperidine rings is 1. The van der Waals surface area contributed by atoms with Crippen LogP contribution in [-0.4, -0.2) is 44.3 Å². The van der Waals surface area contributed by atoms with E-state index in [0.717, 1.165) is 24.1 Å². The van der Waals surface area contributed by atoms with E-state index in [4.69, 9.17) is 11.3 Å². The first-order chi connectivity index (χ1) is 14.4. The van der Waals surface area contributed by atoms with Gasteiger partial charge >= 0.3 is 6.09 Å². The molecule has 0 bridgehead atoms.